The van der Waals surface area contributed by atoms with Crippen molar-refractivity contribution in [1.82, 2.24) is 9.97 Å². The molecule has 0 unspecified atom stereocenters. The maximum atomic E-state index is 13.1. The second-order valence-electron chi connectivity index (χ2n) is 5.97. The highest BCUT2D eigenvalue weighted by molar-refractivity contribution is 7.90. The fraction of sp³-hybridized carbons (Fsp3) is 0.167. The van der Waals surface area contributed by atoms with E-state index in [9.17, 15) is 21.6 Å². The number of sulfone groups is 1. The van der Waals surface area contributed by atoms with E-state index in [2.05, 4.69) is 9.97 Å². The number of aromatic nitrogens is 2. The van der Waals surface area contributed by atoms with Crippen LogP contribution in [0.5, 0.6) is 0 Å². The molecule has 0 atom stereocenters. The second kappa shape index (κ2) is 6.28. The molecule has 0 bridgehead atoms. The van der Waals surface area contributed by atoms with Gasteiger partial charge in [0.1, 0.15) is 0 Å². The van der Waals surface area contributed by atoms with Gasteiger partial charge in [0.15, 0.2) is 9.84 Å². The summed E-state index contributed by atoms with van der Waals surface area (Å²) in [6.45, 7) is 1.83. The topological polar surface area (TPSA) is 62.8 Å². The molecule has 0 radical (unpaired) electrons. The van der Waals surface area contributed by atoms with E-state index in [4.69, 9.17) is 0 Å². The van der Waals surface area contributed by atoms with Crippen LogP contribution < -0.4 is 0 Å². The van der Waals surface area contributed by atoms with Gasteiger partial charge in [-0.2, -0.15) is 13.2 Å². The Hall–Kier alpha value is -2.61. The molecule has 8 heteroatoms. The summed E-state index contributed by atoms with van der Waals surface area (Å²) in [6.07, 6.45) is -3.55. The van der Waals surface area contributed by atoms with E-state index in [0.717, 1.165) is 11.8 Å². The summed E-state index contributed by atoms with van der Waals surface area (Å²) in [5, 5.41) is 0. The lowest BCUT2D eigenvalue weighted by molar-refractivity contribution is -0.144. The van der Waals surface area contributed by atoms with Crippen molar-refractivity contribution in [3.8, 4) is 22.5 Å². The molecule has 3 aromatic rings. The molecular weight excluding hydrogens is 365 g/mol. The van der Waals surface area contributed by atoms with Gasteiger partial charge in [0, 0.05) is 17.4 Å². The summed E-state index contributed by atoms with van der Waals surface area (Å²) >= 11 is 0. The maximum Gasteiger partial charge on any atom is 0.449 e. The molecule has 26 heavy (non-hydrogen) atoms. The van der Waals surface area contributed by atoms with Gasteiger partial charge in [-0.15, -0.1) is 0 Å². The minimum Gasteiger partial charge on any atom is -0.334 e. The zero-order valence-corrected chi connectivity index (χ0v) is 14.7. The van der Waals surface area contributed by atoms with Crippen LogP contribution in [0.1, 0.15) is 11.4 Å². The Bertz CT molecular complexity index is 1050. The number of alkyl halides is 3. The van der Waals surface area contributed by atoms with Crippen LogP contribution in [0.2, 0.25) is 0 Å². The van der Waals surface area contributed by atoms with E-state index < -0.39 is 21.8 Å². The lowest BCUT2D eigenvalue weighted by Gasteiger charge is -2.05. The fourth-order valence-electron chi connectivity index (χ4n) is 2.59. The average molecular weight is 380 g/mol. The van der Waals surface area contributed by atoms with Crippen LogP contribution in [0.15, 0.2) is 53.4 Å². The molecule has 0 saturated heterocycles. The number of nitrogens with zero attached hydrogens (tertiary/aromatic N) is 1. The SMILES string of the molecule is Cc1cccc(-c2nc(C(F)(F)F)[nH]c2-c2ccc(S(C)(=O)=O)cc2)c1. The quantitative estimate of drug-likeness (QED) is 0.729. The number of hydrogen-bond acceptors (Lipinski definition) is 3. The number of imidazole rings is 1. The van der Waals surface area contributed by atoms with E-state index >= 15 is 0 Å². The van der Waals surface area contributed by atoms with E-state index in [-0.39, 0.29) is 16.3 Å². The highest BCUT2D eigenvalue weighted by atomic mass is 32.2. The molecule has 0 saturated carbocycles. The van der Waals surface area contributed by atoms with E-state index in [1.807, 2.05) is 13.0 Å². The minimum atomic E-state index is -4.62. The average Bonchev–Trinajstić information content (AvgIpc) is 3.00. The van der Waals surface area contributed by atoms with Crippen molar-refractivity contribution < 1.29 is 21.6 Å². The monoisotopic (exact) mass is 380 g/mol. The molecule has 0 spiro atoms. The van der Waals surface area contributed by atoms with Crippen molar-refractivity contribution in [2.75, 3.05) is 6.26 Å². The molecule has 1 heterocycles. The highest BCUT2D eigenvalue weighted by Crippen LogP contribution is 2.36. The highest BCUT2D eigenvalue weighted by Gasteiger charge is 2.36. The minimum absolute atomic E-state index is 0.0916. The first kappa shape index (κ1) is 18.2. The van der Waals surface area contributed by atoms with Crippen molar-refractivity contribution in [2.45, 2.75) is 18.0 Å². The number of aryl methyl sites for hydroxylation is 1. The van der Waals surface area contributed by atoms with Crippen LogP contribution in [0.3, 0.4) is 0 Å². The molecule has 0 fully saturated rings. The molecule has 3 rings (SSSR count). The summed E-state index contributed by atoms with van der Waals surface area (Å²) in [5.74, 6) is -1.10. The Balaban J connectivity index is 2.18. The summed E-state index contributed by atoms with van der Waals surface area (Å²) < 4.78 is 62.6. The van der Waals surface area contributed by atoms with Gasteiger partial charge in [0.25, 0.3) is 0 Å². The van der Waals surface area contributed by atoms with Crippen molar-refractivity contribution in [2.24, 2.45) is 0 Å². The van der Waals surface area contributed by atoms with Gasteiger partial charge in [-0.1, -0.05) is 35.9 Å². The Morgan fingerprint density at radius 1 is 1.00 bits per heavy atom. The smallest absolute Gasteiger partial charge is 0.334 e. The summed E-state index contributed by atoms with van der Waals surface area (Å²) in [4.78, 5) is 6.16. The van der Waals surface area contributed by atoms with Crippen LogP contribution >= 0.6 is 0 Å². The molecule has 0 aliphatic heterocycles. The lowest BCUT2D eigenvalue weighted by Crippen LogP contribution is -2.07. The number of halogens is 3. The molecule has 136 valence electrons. The van der Waals surface area contributed by atoms with E-state index in [1.165, 1.54) is 24.3 Å². The zero-order chi connectivity index (χ0) is 19.1. The van der Waals surface area contributed by atoms with Crippen molar-refractivity contribution in [3.63, 3.8) is 0 Å². The standard InChI is InChI=1S/C18H15F3N2O2S/c1-11-4-3-5-13(10-11)16-15(22-17(23-16)18(19,20)21)12-6-8-14(9-7-12)26(2,24)25/h3-10H,1-2H3,(H,22,23). The number of hydrogen-bond donors (Lipinski definition) is 1. The first-order valence-corrected chi connectivity index (χ1v) is 9.49. The molecular formula is C18H15F3N2O2S. The Morgan fingerprint density at radius 2 is 1.65 bits per heavy atom. The summed E-state index contributed by atoms with van der Waals surface area (Å²) in [6, 6.07) is 12.6. The third-order valence-electron chi connectivity index (χ3n) is 3.83. The lowest BCUT2D eigenvalue weighted by atomic mass is 10.0. The van der Waals surface area contributed by atoms with Crippen LogP contribution in [0.25, 0.3) is 22.5 Å². The maximum absolute atomic E-state index is 13.1. The van der Waals surface area contributed by atoms with Gasteiger partial charge >= 0.3 is 6.18 Å². The molecule has 4 nitrogen and oxygen atoms in total. The summed E-state index contributed by atoms with van der Waals surface area (Å²) in [5.41, 5.74) is 2.18. The van der Waals surface area contributed by atoms with Crippen molar-refractivity contribution >= 4 is 9.84 Å². The van der Waals surface area contributed by atoms with Crippen molar-refractivity contribution in [1.29, 1.82) is 0 Å². The van der Waals surface area contributed by atoms with Gasteiger partial charge in [0.05, 0.1) is 16.3 Å². The third kappa shape index (κ3) is 3.65. The van der Waals surface area contributed by atoms with Gasteiger partial charge < -0.3 is 4.98 Å². The van der Waals surface area contributed by atoms with Crippen LogP contribution in [0, 0.1) is 6.92 Å². The molecule has 1 aromatic heterocycles. The molecule has 1 N–H and O–H groups in total. The predicted octanol–water partition coefficient (Wildman–Crippen LogP) is 4.47. The van der Waals surface area contributed by atoms with Gasteiger partial charge in [0.2, 0.25) is 5.82 Å². The van der Waals surface area contributed by atoms with Gasteiger partial charge in [-0.25, -0.2) is 13.4 Å². The normalized spacial score (nSPS) is 12.3. The predicted molar refractivity (Wildman–Crippen MR) is 92.3 cm³/mol. The Morgan fingerprint density at radius 3 is 2.19 bits per heavy atom. The van der Waals surface area contributed by atoms with Gasteiger partial charge in [-0.05, 0) is 25.1 Å². The molecule has 2 aromatic carbocycles. The zero-order valence-electron chi connectivity index (χ0n) is 13.9. The Labute approximate surface area is 148 Å². The number of rotatable bonds is 3. The number of H-pyrrole nitrogens is 1. The number of aromatic amines is 1. The molecule has 0 aliphatic carbocycles. The first-order chi connectivity index (χ1) is 12.1. The largest absolute Gasteiger partial charge is 0.449 e. The number of nitrogens with one attached hydrogen (secondary N) is 1. The molecule has 0 aliphatic rings. The van der Waals surface area contributed by atoms with Crippen LogP contribution in [0.4, 0.5) is 13.2 Å². The number of benzene rings is 2. The first-order valence-electron chi connectivity index (χ1n) is 7.60. The van der Waals surface area contributed by atoms with E-state index in [0.29, 0.717) is 11.1 Å². The third-order valence-corrected chi connectivity index (χ3v) is 4.96. The Kier molecular flexibility index (Phi) is 4.39. The molecule has 0 amide bonds. The second-order valence-corrected chi connectivity index (χ2v) is 7.99. The fourth-order valence-corrected chi connectivity index (χ4v) is 3.22. The van der Waals surface area contributed by atoms with Crippen LogP contribution in [-0.4, -0.2) is 24.6 Å². The van der Waals surface area contributed by atoms with Crippen LogP contribution in [-0.2, 0) is 16.0 Å². The van der Waals surface area contributed by atoms with Crippen molar-refractivity contribution in [3.05, 3.63) is 59.9 Å². The summed E-state index contributed by atoms with van der Waals surface area (Å²) in [7, 11) is -3.39. The van der Waals surface area contributed by atoms with E-state index in [1.54, 1.807) is 18.2 Å². The van der Waals surface area contributed by atoms with Gasteiger partial charge in [-0.3, -0.25) is 0 Å².